The topological polar surface area (TPSA) is 88.2 Å². The van der Waals surface area contributed by atoms with Crippen LogP contribution >= 0.6 is 0 Å². The Kier molecular flexibility index (Phi) is 6.33. The van der Waals surface area contributed by atoms with Gasteiger partial charge in [0.05, 0.1) is 4.90 Å². The highest BCUT2D eigenvalue weighted by Gasteiger charge is 2.21. The zero-order valence-corrected chi connectivity index (χ0v) is 18.4. The standard InChI is InChI=1S/C22H27N3O5S/c1-24(11-12-25-9-2-3-10-25)22(26)17-5-4-6-18(15-17)23-31(27,28)19-7-8-20-21(16-19)30-14-13-29-20/h4-8,15-16,23H,2-3,9-14H2,1H3. The van der Waals surface area contributed by atoms with Gasteiger partial charge in [-0.25, -0.2) is 8.42 Å². The third-order valence-corrected chi connectivity index (χ3v) is 6.86. The molecule has 0 aliphatic carbocycles. The van der Waals surface area contributed by atoms with Crippen LogP contribution in [0.3, 0.4) is 0 Å². The molecular formula is C22H27N3O5S. The smallest absolute Gasteiger partial charge is 0.262 e. The third kappa shape index (κ3) is 5.11. The monoisotopic (exact) mass is 445 g/mol. The third-order valence-electron chi connectivity index (χ3n) is 5.48. The number of sulfonamides is 1. The average molecular weight is 446 g/mol. The second-order valence-corrected chi connectivity index (χ2v) is 9.45. The van der Waals surface area contributed by atoms with Crippen LogP contribution in [-0.2, 0) is 10.0 Å². The van der Waals surface area contributed by atoms with E-state index in [9.17, 15) is 13.2 Å². The van der Waals surface area contributed by atoms with Gasteiger partial charge in [-0.1, -0.05) is 6.07 Å². The van der Waals surface area contributed by atoms with Gasteiger partial charge in [0.25, 0.3) is 15.9 Å². The van der Waals surface area contributed by atoms with Crippen molar-refractivity contribution in [1.82, 2.24) is 9.80 Å². The van der Waals surface area contributed by atoms with Crippen LogP contribution in [0, 0.1) is 0 Å². The zero-order chi connectivity index (χ0) is 21.8. The molecule has 4 rings (SSSR count). The molecule has 1 amide bonds. The van der Waals surface area contributed by atoms with Crippen molar-refractivity contribution in [2.24, 2.45) is 0 Å². The molecule has 0 unspecified atom stereocenters. The molecule has 2 aromatic rings. The van der Waals surface area contributed by atoms with E-state index in [4.69, 9.17) is 9.47 Å². The Morgan fingerprint density at radius 1 is 1.06 bits per heavy atom. The molecule has 2 aromatic carbocycles. The van der Waals surface area contributed by atoms with Crippen molar-refractivity contribution in [3.05, 3.63) is 48.0 Å². The second-order valence-electron chi connectivity index (χ2n) is 7.77. The van der Waals surface area contributed by atoms with Crippen LogP contribution in [0.15, 0.2) is 47.4 Å². The highest BCUT2D eigenvalue weighted by atomic mass is 32.2. The molecule has 1 saturated heterocycles. The molecule has 1 N–H and O–H groups in total. The Bertz CT molecular complexity index is 1050. The van der Waals surface area contributed by atoms with Gasteiger partial charge in [-0.15, -0.1) is 0 Å². The minimum Gasteiger partial charge on any atom is -0.486 e. The van der Waals surface area contributed by atoms with Crippen LogP contribution in [0.4, 0.5) is 5.69 Å². The number of carbonyl (C=O) groups excluding carboxylic acids is 1. The van der Waals surface area contributed by atoms with E-state index in [1.165, 1.54) is 25.0 Å². The number of fused-ring (bicyclic) bond motifs is 1. The Labute approximate surface area is 182 Å². The molecule has 0 saturated carbocycles. The number of rotatable bonds is 7. The summed E-state index contributed by atoms with van der Waals surface area (Å²) in [6.45, 7) is 4.45. The van der Waals surface area contributed by atoms with E-state index in [0.29, 0.717) is 42.5 Å². The Balaban J connectivity index is 1.44. The fraction of sp³-hybridized carbons (Fsp3) is 0.409. The predicted molar refractivity (Wildman–Crippen MR) is 117 cm³/mol. The van der Waals surface area contributed by atoms with Crippen LogP contribution in [0.25, 0.3) is 0 Å². The number of hydrogen-bond donors (Lipinski definition) is 1. The molecule has 2 heterocycles. The molecule has 166 valence electrons. The molecule has 2 aliphatic heterocycles. The van der Waals surface area contributed by atoms with Crippen molar-refractivity contribution >= 4 is 21.6 Å². The lowest BCUT2D eigenvalue weighted by atomic mass is 10.2. The van der Waals surface area contributed by atoms with Crippen LogP contribution in [0.1, 0.15) is 23.2 Å². The van der Waals surface area contributed by atoms with Gasteiger partial charge in [0.2, 0.25) is 0 Å². The van der Waals surface area contributed by atoms with Gasteiger partial charge in [0.1, 0.15) is 13.2 Å². The fourth-order valence-electron chi connectivity index (χ4n) is 3.74. The summed E-state index contributed by atoms with van der Waals surface area (Å²) in [7, 11) is -2.08. The normalized spacial score (nSPS) is 16.2. The van der Waals surface area contributed by atoms with E-state index >= 15 is 0 Å². The van der Waals surface area contributed by atoms with E-state index < -0.39 is 10.0 Å². The number of benzene rings is 2. The van der Waals surface area contributed by atoms with Gasteiger partial charge >= 0.3 is 0 Å². The number of hydrogen-bond acceptors (Lipinski definition) is 6. The first kappa shape index (κ1) is 21.5. The Morgan fingerprint density at radius 2 is 1.81 bits per heavy atom. The number of anilines is 1. The maximum absolute atomic E-state index is 12.8. The summed E-state index contributed by atoms with van der Waals surface area (Å²) in [5.74, 6) is 0.784. The summed E-state index contributed by atoms with van der Waals surface area (Å²) < 4.78 is 39.2. The van der Waals surface area contributed by atoms with Crippen LogP contribution in [0.5, 0.6) is 11.5 Å². The van der Waals surface area contributed by atoms with E-state index in [-0.39, 0.29) is 10.8 Å². The number of amides is 1. The van der Waals surface area contributed by atoms with Gasteiger partial charge in [0.15, 0.2) is 11.5 Å². The van der Waals surface area contributed by atoms with Gasteiger partial charge in [-0.05, 0) is 56.3 Å². The van der Waals surface area contributed by atoms with Crippen molar-refractivity contribution in [2.75, 3.05) is 51.2 Å². The van der Waals surface area contributed by atoms with Crippen molar-refractivity contribution in [3.63, 3.8) is 0 Å². The maximum atomic E-state index is 12.8. The highest BCUT2D eigenvalue weighted by Crippen LogP contribution is 2.32. The average Bonchev–Trinajstić information content (AvgIpc) is 3.30. The number of likely N-dealkylation sites (tertiary alicyclic amines) is 1. The van der Waals surface area contributed by atoms with E-state index in [1.54, 1.807) is 42.3 Å². The molecular weight excluding hydrogens is 418 g/mol. The van der Waals surface area contributed by atoms with Gasteiger partial charge in [0, 0.05) is 37.5 Å². The number of nitrogens with zero attached hydrogens (tertiary/aromatic N) is 2. The van der Waals surface area contributed by atoms with Crippen molar-refractivity contribution in [2.45, 2.75) is 17.7 Å². The molecule has 0 atom stereocenters. The van der Waals surface area contributed by atoms with E-state index in [1.807, 2.05) is 0 Å². The molecule has 9 heteroatoms. The SMILES string of the molecule is CN(CCN1CCCC1)C(=O)c1cccc(NS(=O)(=O)c2ccc3c(c2)OCCO3)c1. The summed E-state index contributed by atoms with van der Waals surface area (Å²) in [6, 6.07) is 11.0. The molecule has 0 bridgehead atoms. The largest absolute Gasteiger partial charge is 0.486 e. The first-order chi connectivity index (χ1) is 14.9. The molecule has 2 aliphatic rings. The van der Waals surface area contributed by atoms with E-state index in [2.05, 4.69) is 9.62 Å². The molecule has 31 heavy (non-hydrogen) atoms. The summed E-state index contributed by atoms with van der Waals surface area (Å²) in [4.78, 5) is 16.9. The van der Waals surface area contributed by atoms with Gasteiger partial charge in [-0.2, -0.15) is 0 Å². The summed E-state index contributed by atoms with van der Waals surface area (Å²) in [5.41, 5.74) is 0.764. The first-order valence-corrected chi connectivity index (χ1v) is 11.9. The lowest BCUT2D eigenvalue weighted by molar-refractivity contribution is 0.0782. The Morgan fingerprint density at radius 3 is 2.58 bits per heavy atom. The van der Waals surface area contributed by atoms with Crippen molar-refractivity contribution < 1.29 is 22.7 Å². The fourth-order valence-corrected chi connectivity index (χ4v) is 4.80. The zero-order valence-electron chi connectivity index (χ0n) is 17.5. The number of ether oxygens (including phenoxy) is 2. The second kappa shape index (κ2) is 9.15. The summed E-state index contributed by atoms with van der Waals surface area (Å²) in [5, 5.41) is 0. The predicted octanol–water partition coefficient (Wildman–Crippen LogP) is 2.43. The summed E-state index contributed by atoms with van der Waals surface area (Å²) in [6.07, 6.45) is 2.42. The lowest BCUT2D eigenvalue weighted by Crippen LogP contribution is -2.35. The van der Waals surface area contributed by atoms with Gasteiger partial charge in [-0.3, -0.25) is 9.52 Å². The Hall–Kier alpha value is -2.78. The van der Waals surface area contributed by atoms with E-state index in [0.717, 1.165) is 19.6 Å². The van der Waals surface area contributed by atoms with Crippen LogP contribution < -0.4 is 14.2 Å². The van der Waals surface area contributed by atoms with Crippen molar-refractivity contribution in [3.8, 4) is 11.5 Å². The molecule has 8 nitrogen and oxygen atoms in total. The molecule has 0 radical (unpaired) electrons. The minimum atomic E-state index is -3.85. The highest BCUT2D eigenvalue weighted by molar-refractivity contribution is 7.92. The summed E-state index contributed by atoms with van der Waals surface area (Å²) >= 11 is 0. The van der Waals surface area contributed by atoms with Gasteiger partial charge < -0.3 is 19.3 Å². The number of nitrogens with one attached hydrogen (secondary N) is 1. The van der Waals surface area contributed by atoms with Crippen molar-refractivity contribution in [1.29, 1.82) is 0 Å². The van der Waals surface area contributed by atoms with Crippen LogP contribution in [-0.4, -0.2) is 70.6 Å². The van der Waals surface area contributed by atoms with Crippen LogP contribution in [0.2, 0.25) is 0 Å². The molecule has 0 spiro atoms. The maximum Gasteiger partial charge on any atom is 0.262 e. The lowest BCUT2D eigenvalue weighted by Gasteiger charge is -2.22. The molecule has 0 aromatic heterocycles. The quantitative estimate of drug-likeness (QED) is 0.704. The number of carbonyl (C=O) groups is 1. The number of likely N-dealkylation sites (N-methyl/N-ethyl adjacent to an activating group) is 1. The first-order valence-electron chi connectivity index (χ1n) is 10.4. The molecule has 1 fully saturated rings. The minimum absolute atomic E-state index is 0.0659.